The van der Waals surface area contributed by atoms with Crippen molar-refractivity contribution in [3.05, 3.63) is 0 Å². The highest BCUT2D eigenvalue weighted by Crippen LogP contribution is 2.08. The number of carbonyl (C=O) groups is 1. The van der Waals surface area contributed by atoms with Crippen molar-refractivity contribution < 1.29 is 57.3 Å². The molecule has 258 valence electrons. The fourth-order valence-corrected chi connectivity index (χ4v) is 3.58. The van der Waals surface area contributed by atoms with Crippen molar-refractivity contribution >= 4 is 5.97 Å². The first-order valence-electron chi connectivity index (χ1n) is 16.3. The van der Waals surface area contributed by atoms with E-state index in [-0.39, 0.29) is 13.0 Å². The lowest BCUT2D eigenvalue weighted by Gasteiger charge is -2.09. The molecule has 0 heterocycles. The van der Waals surface area contributed by atoms with Gasteiger partial charge in [-0.05, 0) is 6.42 Å². The molecule has 0 saturated carbocycles. The quantitative estimate of drug-likeness (QED) is 0.0997. The first-order chi connectivity index (χ1) is 21.3. The summed E-state index contributed by atoms with van der Waals surface area (Å²) in [5, 5.41) is 8.48. The van der Waals surface area contributed by atoms with E-state index >= 15 is 0 Å². The van der Waals surface area contributed by atoms with Crippen LogP contribution in [0, 0.1) is 0 Å². The largest absolute Gasteiger partial charge is 0.481 e. The van der Waals surface area contributed by atoms with Crippen molar-refractivity contribution in [1.82, 2.24) is 0 Å². The second-order valence-corrected chi connectivity index (χ2v) is 9.74. The van der Waals surface area contributed by atoms with Gasteiger partial charge in [0.1, 0.15) is 0 Å². The Morgan fingerprint density at radius 2 is 0.581 bits per heavy atom. The van der Waals surface area contributed by atoms with Crippen LogP contribution < -0.4 is 0 Å². The minimum atomic E-state index is -0.870. The minimum Gasteiger partial charge on any atom is -0.481 e. The third-order valence-corrected chi connectivity index (χ3v) is 5.95. The highest BCUT2D eigenvalue weighted by Gasteiger charge is 1.98. The number of carboxylic acid groups (broad SMARTS) is 1. The number of rotatable bonds is 39. The van der Waals surface area contributed by atoms with Crippen LogP contribution >= 0.6 is 0 Å². The SMILES string of the molecule is CCCCCCCCCCOCCOCCOCCOCCOCCOCCOCCOCCOCCOCCC(=O)O. The number of carboxylic acids is 1. The maximum atomic E-state index is 10.3. The van der Waals surface area contributed by atoms with Crippen LogP contribution in [0.15, 0.2) is 0 Å². The van der Waals surface area contributed by atoms with E-state index < -0.39 is 5.97 Å². The molecule has 0 aromatic rings. The molecule has 0 amide bonds. The summed E-state index contributed by atoms with van der Waals surface area (Å²) in [6, 6.07) is 0. The van der Waals surface area contributed by atoms with Crippen LogP contribution in [0.3, 0.4) is 0 Å². The average Bonchev–Trinajstić information content (AvgIpc) is 3.00. The Labute approximate surface area is 260 Å². The molecule has 0 aromatic carbocycles. The van der Waals surface area contributed by atoms with E-state index in [1.807, 2.05) is 0 Å². The first-order valence-corrected chi connectivity index (χ1v) is 16.3. The van der Waals surface area contributed by atoms with E-state index in [4.69, 9.17) is 52.5 Å². The van der Waals surface area contributed by atoms with Crippen LogP contribution in [0.4, 0.5) is 0 Å². The van der Waals surface area contributed by atoms with Gasteiger partial charge in [0.15, 0.2) is 0 Å². The summed E-state index contributed by atoms with van der Waals surface area (Å²) < 4.78 is 54.3. The molecule has 43 heavy (non-hydrogen) atoms. The van der Waals surface area contributed by atoms with Gasteiger partial charge < -0.3 is 52.5 Å². The maximum absolute atomic E-state index is 10.3. The molecule has 0 aliphatic carbocycles. The van der Waals surface area contributed by atoms with Crippen molar-refractivity contribution in [2.75, 3.05) is 132 Å². The van der Waals surface area contributed by atoms with Gasteiger partial charge in [0.2, 0.25) is 0 Å². The summed E-state index contributed by atoms with van der Waals surface area (Å²) in [5.74, 6) is -0.870. The van der Waals surface area contributed by atoms with Gasteiger partial charge in [-0.1, -0.05) is 51.9 Å². The summed E-state index contributed by atoms with van der Waals surface area (Å²) in [6.07, 6.45) is 10.5. The van der Waals surface area contributed by atoms with E-state index in [1.165, 1.54) is 44.9 Å². The number of hydrogen-bond donors (Lipinski definition) is 1. The Morgan fingerprint density at radius 3 is 0.860 bits per heavy atom. The van der Waals surface area contributed by atoms with E-state index in [0.29, 0.717) is 119 Å². The highest BCUT2D eigenvalue weighted by molar-refractivity contribution is 5.66. The van der Waals surface area contributed by atoms with Gasteiger partial charge in [0.25, 0.3) is 0 Å². The second-order valence-electron chi connectivity index (χ2n) is 9.74. The molecule has 0 rings (SSSR count). The molecule has 0 bridgehead atoms. The van der Waals surface area contributed by atoms with E-state index in [0.717, 1.165) is 13.0 Å². The van der Waals surface area contributed by atoms with Gasteiger partial charge in [-0.2, -0.15) is 0 Å². The summed E-state index contributed by atoms with van der Waals surface area (Å²) in [5.41, 5.74) is 0. The first kappa shape index (κ1) is 42.1. The third kappa shape index (κ3) is 41.1. The Hall–Kier alpha value is -0.930. The van der Waals surface area contributed by atoms with Gasteiger partial charge in [0, 0.05) is 6.61 Å². The second kappa shape index (κ2) is 39.1. The molecule has 0 atom stereocenters. The van der Waals surface area contributed by atoms with Crippen molar-refractivity contribution in [2.24, 2.45) is 0 Å². The number of aliphatic carboxylic acids is 1. The van der Waals surface area contributed by atoms with Crippen LogP contribution in [0.2, 0.25) is 0 Å². The fourth-order valence-electron chi connectivity index (χ4n) is 3.58. The predicted molar refractivity (Wildman–Crippen MR) is 163 cm³/mol. The zero-order valence-electron chi connectivity index (χ0n) is 26.9. The summed E-state index contributed by atoms with van der Waals surface area (Å²) >= 11 is 0. The number of hydrogen-bond acceptors (Lipinski definition) is 11. The van der Waals surface area contributed by atoms with Crippen LogP contribution in [0.25, 0.3) is 0 Å². The zero-order valence-corrected chi connectivity index (χ0v) is 26.9. The minimum absolute atomic E-state index is 0.00252. The average molecular weight is 627 g/mol. The lowest BCUT2D eigenvalue weighted by atomic mass is 10.1. The maximum Gasteiger partial charge on any atom is 0.305 e. The van der Waals surface area contributed by atoms with E-state index in [9.17, 15) is 4.79 Å². The lowest BCUT2D eigenvalue weighted by molar-refractivity contribution is -0.138. The van der Waals surface area contributed by atoms with Gasteiger partial charge in [-0.3, -0.25) is 4.79 Å². The summed E-state index contributed by atoms with van der Waals surface area (Å²) in [4.78, 5) is 10.3. The summed E-state index contributed by atoms with van der Waals surface area (Å²) in [6.45, 7) is 12.4. The van der Waals surface area contributed by atoms with Gasteiger partial charge in [0.05, 0.1) is 132 Å². The lowest BCUT2D eigenvalue weighted by Crippen LogP contribution is -2.15. The molecule has 0 saturated heterocycles. The molecule has 0 aromatic heterocycles. The normalized spacial score (nSPS) is 11.5. The molecule has 12 nitrogen and oxygen atoms in total. The molecular formula is C31H62O12. The van der Waals surface area contributed by atoms with Crippen molar-refractivity contribution in [1.29, 1.82) is 0 Å². The van der Waals surface area contributed by atoms with Crippen LogP contribution in [0.1, 0.15) is 64.7 Å². The van der Waals surface area contributed by atoms with Crippen LogP contribution in [-0.4, -0.2) is 143 Å². The summed E-state index contributed by atoms with van der Waals surface area (Å²) in [7, 11) is 0. The van der Waals surface area contributed by atoms with Gasteiger partial charge >= 0.3 is 5.97 Å². The van der Waals surface area contributed by atoms with Crippen LogP contribution in [0.5, 0.6) is 0 Å². The Balaban J connectivity index is 3.03. The van der Waals surface area contributed by atoms with Crippen molar-refractivity contribution in [3.8, 4) is 0 Å². The van der Waals surface area contributed by atoms with E-state index in [1.54, 1.807) is 0 Å². The Bertz CT molecular complexity index is 527. The van der Waals surface area contributed by atoms with Crippen molar-refractivity contribution in [3.63, 3.8) is 0 Å². The zero-order chi connectivity index (χ0) is 31.2. The topological polar surface area (TPSA) is 130 Å². The van der Waals surface area contributed by atoms with Gasteiger partial charge in [-0.25, -0.2) is 0 Å². The molecule has 0 spiro atoms. The molecule has 1 N–H and O–H groups in total. The molecule has 0 aliphatic heterocycles. The molecule has 0 aliphatic rings. The molecular weight excluding hydrogens is 564 g/mol. The fraction of sp³-hybridized carbons (Fsp3) is 0.968. The van der Waals surface area contributed by atoms with Crippen molar-refractivity contribution in [2.45, 2.75) is 64.7 Å². The monoisotopic (exact) mass is 626 g/mol. The number of unbranched alkanes of at least 4 members (excludes halogenated alkanes) is 7. The molecule has 0 radical (unpaired) electrons. The highest BCUT2D eigenvalue weighted by atomic mass is 16.6. The standard InChI is InChI=1S/C31H62O12/c1-2-3-4-5-6-7-8-9-11-34-13-15-36-17-19-38-21-23-40-25-27-42-29-30-43-28-26-41-24-22-39-20-18-37-16-14-35-12-10-31(32)33/h2-30H2,1H3,(H,32,33). The Kier molecular flexibility index (Phi) is 38.2. The number of ether oxygens (including phenoxy) is 10. The molecule has 0 unspecified atom stereocenters. The predicted octanol–water partition coefficient (Wildman–Crippen LogP) is 3.77. The Morgan fingerprint density at radius 1 is 0.349 bits per heavy atom. The smallest absolute Gasteiger partial charge is 0.305 e. The van der Waals surface area contributed by atoms with Gasteiger partial charge in [-0.15, -0.1) is 0 Å². The van der Waals surface area contributed by atoms with E-state index in [2.05, 4.69) is 6.92 Å². The molecule has 0 fully saturated rings. The molecule has 12 heteroatoms. The third-order valence-electron chi connectivity index (χ3n) is 5.95. The van der Waals surface area contributed by atoms with Crippen LogP contribution in [-0.2, 0) is 52.2 Å².